The van der Waals surface area contributed by atoms with Crippen LogP contribution in [0.25, 0.3) is 0 Å². The van der Waals surface area contributed by atoms with E-state index in [9.17, 15) is 9.18 Å². The molecule has 6 heteroatoms. The number of carbonyl (C=O) groups is 1. The average molecular weight is 308 g/mol. The number of nitrogens with one attached hydrogen (secondary N) is 2. The number of benzene rings is 1. The van der Waals surface area contributed by atoms with Crippen LogP contribution in [0, 0.1) is 12.7 Å². The van der Waals surface area contributed by atoms with E-state index in [1.54, 1.807) is 25.1 Å². The molecule has 0 bridgehead atoms. The molecule has 1 amide bonds. The summed E-state index contributed by atoms with van der Waals surface area (Å²) >= 11 is 5.98. The molecule has 0 saturated carbocycles. The van der Waals surface area contributed by atoms with Crippen molar-refractivity contribution in [3.8, 4) is 0 Å². The highest BCUT2D eigenvalue weighted by atomic mass is 35.5. The molecule has 110 valence electrons. The minimum atomic E-state index is -0.553. The van der Waals surface area contributed by atoms with E-state index in [0.29, 0.717) is 12.4 Å². The molecule has 2 aromatic rings. The molecule has 0 aliphatic rings. The van der Waals surface area contributed by atoms with Gasteiger partial charge in [-0.05, 0) is 43.7 Å². The molecule has 21 heavy (non-hydrogen) atoms. The molecule has 2 rings (SSSR count). The Balaban J connectivity index is 2.25. The van der Waals surface area contributed by atoms with Gasteiger partial charge in [0, 0.05) is 6.54 Å². The van der Waals surface area contributed by atoms with E-state index in [-0.39, 0.29) is 16.4 Å². The Morgan fingerprint density at radius 2 is 2.10 bits per heavy atom. The summed E-state index contributed by atoms with van der Waals surface area (Å²) < 4.78 is 13.7. The van der Waals surface area contributed by atoms with E-state index in [0.717, 1.165) is 5.56 Å². The van der Waals surface area contributed by atoms with Crippen LogP contribution >= 0.6 is 11.6 Å². The molecule has 0 aliphatic carbocycles. The fourth-order valence-corrected chi connectivity index (χ4v) is 1.98. The van der Waals surface area contributed by atoms with E-state index >= 15 is 0 Å². The summed E-state index contributed by atoms with van der Waals surface area (Å²) in [5.41, 5.74) is 0.920. The van der Waals surface area contributed by atoms with Crippen molar-refractivity contribution in [1.82, 2.24) is 4.98 Å². The molecule has 1 heterocycles. The van der Waals surface area contributed by atoms with Crippen molar-refractivity contribution in [3.63, 3.8) is 0 Å². The summed E-state index contributed by atoms with van der Waals surface area (Å²) in [6, 6.07) is 7.81. The van der Waals surface area contributed by atoms with E-state index in [4.69, 9.17) is 11.6 Å². The Hall–Kier alpha value is -2.14. The fraction of sp³-hybridized carbons (Fsp3) is 0.200. The van der Waals surface area contributed by atoms with Crippen LogP contribution in [-0.2, 0) is 0 Å². The number of hydrogen-bond acceptors (Lipinski definition) is 3. The van der Waals surface area contributed by atoms with Gasteiger partial charge in [0.25, 0.3) is 5.91 Å². The highest BCUT2D eigenvalue weighted by Gasteiger charge is 2.15. The second kappa shape index (κ2) is 6.54. The van der Waals surface area contributed by atoms with E-state index in [1.807, 2.05) is 6.92 Å². The van der Waals surface area contributed by atoms with Crippen molar-refractivity contribution in [3.05, 3.63) is 52.4 Å². The number of hydrogen-bond donors (Lipinski definition) is 2. The summed E-state index contributed by atoms with van der Waals surface area (Å²) in [6.45, 7) is 4.35. The van der Waals surface area contributed by atoms with Crippen LogP contribution < -0.4 is 10.6 Å². The van der Waals surface area contributed by atoms with Gasteiger partial charge in [-0.25, -0.2) is 9.37 Å². The van der Waals surface area contributed by atoms with E-state index in [2.05, 4.69) is 15.6 Å². The summed E-state index contributed by atoms with van der Waals surface area (Å²) in [6.07, 6.45) is 0. The Bertz CT molecular complexity index is 676. The second-order valence-corrected chi connectivity index (χ2v) is 4.90. The first kappa shape index (κ1) is 15.3. The van der Waals surface area contributed by atoms with Gasteiger partial charge >= 0.3 is 0 Å². The van der Waals surface area contributed by atoms with Crippen LogP contribution in [0.1, 0.15) is 23.0 Å². The quantitative estimate of drug-likeness (QED) is 0.901. The topological polar surface area (TPSA) is 54.0 Å². The Morgan fingerprint density at radius 1 is 1.33 bits per heavy atom. The van der Waals surface area contributed by atoms with Crippen LogP contribution in [0.3, 0.4) is 0 Å². The van der Waals surface area contributed by atoms with Crippen molar-refractivity contribution < 1.29 is 9.18 Å². The van der Waals surface area contributed by atoms with Crippen LogP contribution in [0.2, 0.25) is 5.02 Å². The van der Waals surface area contributed by atoms with E-state index < -0.39 is 11.7 Å². The minimum Gasteiger partial charge on any atom is -0.370 e. The molecule has 0 aliphatic heterocycles. The number of anilines is 2. The summed E-state index contributed by atoms with van der Waals surface area (Å²) in [7, 11) is 0. The average Bonchev–Trinajstić information content (AvgIpc) is 2.44. The number of rotatable bonds is 4. The van der Waals surface area contributed by atoms with Gasteiger partial charge in [0.15, 0.2) is 0 Å². The van der Waals surface area contributed by atoms with E-state index in [1.165, 1.54) is 12.1 Å². The Labute approximate surface area is 127 Å². The maximum atomic E-state index is 13.7. The maximum Gasteiger partial charge on any atom is 0.275 e. The van der Waals surface area contributed by atoms with Crippen molar-refractivity contribution in [2.75, 3.05) is 17.2 Å². The predicted octanol–water partition coefficient (Wildman–Crippen LogP) is 3.87. The molecule has 0 radical (unpaired) electrons. The van der Waals surface area contributed by atoms with Crippen molar-refractivity contribution in [2.24, 2.45) is 0 Å². The highest BCUT2D eigenvalue weighted by molar-refractivity contribution is 6.34. The fourth-order valence-electron chi connectivity index (χ4n) is 1.78. The number of halogens is 2. The zero-order valence-electron chi connectivity index (χ0n) is 11.7. The smallest absolute Gasteiger partial charge is 0.275 e. The monoisotopic (exact) mass is 307 g/mol. The SMILES string of the molecule is CCNc1ccc(Cl)c(C(=O)Nc2ccc(C)cc2F)n1. The molecule has 1 aromatic carbocycles. The normalized spacial score (nSPS) is 10.3. The Kier molecular flexibility index (Phi) is 4.75. The first-order valence-electron chi connectivity index (χ1n) is 6.49. The number of nitrogens with zero attached hydrogens (tertiary/aromatic N) is 1. The zero-order chi connectivity index (χ0) is 15.4. The zero-order valence-corrected chi connectivity index (χ0v) is 12.5. The summed E-state index contributed by atoms with van der Waals surface area (Å²) in [5.74, 6) is -0.513. The van der Waals surface area contributed by atoms with Gasteiger partial charge < -0.3 is 10.6 Å². The van der Waals surface area contributed by atoms with Crippen LogP contribution in [0.5, 0.6) is 0 Å². The summed E-state index contributed by atoms with van der Waals surface area (Å²) in [5, 5.41) is 5.67. The van der Waals surface area contributed by atoms with Gasteiger partial charge in [0.1, 0.15) is 17.3 Å². The molecule has 0 atom stereocenters. The number of amides is 1. The summed E-state index contributed by atoms with van der Waals surface area (Å²) in [4.78, 5) is 16.3. The van der Waals surface area contributed by atoms with Crippen LogP contribution in [0.4, 0.5) is 15.9 Å². The molecular formula is C15H15ClFN3O. The van der Waals surface area contributed by atoms with Gasteiger partial charge in [-0.2, -0.15) is 0 Å². The molecule has 0 spiro atoms. The highest BCUT2D eigenvalue weighted by Crippen LogP contribution is 2.20. The van der Waals surface area contributed by atoms with Gasteiger partial charge in [-0.3, -0.25) is 4.79 Å². The minimum absolute atomic E-state index is 0.0510. The third-order valence-corrected chi connectivity index (χ3v) is 3.10. The molecule has 4 nitrogen and oxygen atoms in total. The molecular weight excluding hydrogens is 293 g/mol. The predicted molar refractivity (Wildman–Crippen MR) is 82.5 cm³/mol. The maximum absolute atomic E-state index is 13.7. The van der Waals surface area contributed by atoms with Gasteiger partial charge in [-0.15, -0.1) is 0 Å². The molecule has 0 fully saturated rings. The lowest BCUT2D eigenvalue weighted by molar-refractivity contribution is 0.102. The number of pyridine rings is 1. The van der Waals surface area contributed by atoms with Gasteiger partial charge in [0.2, 0.25) is 0 Å². The van der Waals surface area contributed by atoms with Crippen LogP contribution in [-0.4, -0.2) is 17.4 Å². The third-order valence-electron chi connectivity index (χ3n) is 2.79. The standard InChI is InChI=1S/C15H15ClFN3O/c1-3-18-13-7-5-10(16)14(20-13)15(21)19-12-6-4-9(2)8-11(12)17/h4-8H,3H2,1-2H3,(H,18,20)(H,19,21). The lowest BCUT2D eigenvalue weighted by Gasteiger charge is -2.09. The first-order valence-corrected chi connectivity index (χ1v) is 6.87. The van der Waals surface area contributed by atoms with Crippen LogP contribution in [0.15, 0.2) is 30.3 Å². The van der Waals surface area contributed by atoms with Gasteiger partial charge in [0.05, 0.1) is 10.7 Å². The lowest BCUT2D eigenvalue weighted by Crippen LogP contribution is -2.16. The van der Waals surface area contributed by atoms with Crippen molar-refractivity contribution >= 4 is 29.0 Å². The molecule has 0 saturated heterocycles. The number of aryl methyl sites for hydroxylation is 1. The molecule has 0 unspecified atom stereocenters. The largest absolute Gasteiger partial charge is 0.370 e. The van der Waals surface area contributed by atoms with Gasteiger partial charge in [-0.1, -0.05) is 17.7 Å². The lowest BCUT2D eigenvalue weighted by atomic mass is 10.2. The molecule has 1 aromatic heterocycles. The number of aromatic nitrogens is 1. The van der Waals surface area contributed by atoms with Crippen molar-refractivity contribution in [1.29, 1.82) is 0 Å². The number of carbonyl (C=O) groups excluding carboxylic acids is 1. The molecule has 2 N–H and O–H groups in total. The second-order valence-electron chi connectivity index (χ2n) is 4.49. The first-order chi connectivity index (χ1) is 10.0. The Morgan fingerprint density at radius 3 is 2.76 bits per heavy atom. The van der Waals surface area contributed by atoms with Crippen molar-refractivity contribution in [2.45, 2.75) is 13.8 Å². The third kappa shape index (κ3) is 3.70.